The molecule has 43 heavy (non-hydrogen) atoms. The molecule has 224 valence electrons. The van der Waals surface area contributed by atoms with Crippen LogP contribution in [0.4, 0.5) is 13.2 Å². The highest BCUT2D eigenvalue weighted by atomic mass is 32.2. The standard InChI is InChI=1S/C32H30F3N3O4S/c1-3-8-27-25(31(40)38(20(2)36-27)28-11-6-5-10-26(28)32(33,34)35)19-21-13-15-22(16-14-21)24-9-4-7-12-29(24)43(41,42)37-30(39)23-17-18-23/h4-7,9-16,23H,3,8,17-19H2,1-2H3,(H,37,39). The highest BCUT2D eigenvalue weighted by molar-refractivity contribution is 7.90. The Morgan fingerprint density at radius 2 is 1.65 bits per heavy atom. The zero-order chi connectivity index (χ0) is 30.9. The van der Waals surface area contributed by atoms with E-state index >= 15 is 0 Å². The van der Waals surface area contributed by atoms with E-state index in [1.807, 2.05) is 6.92 Å². The summed E-state index contributed by atoms with van der Waals surface area (Å²) in [6.45, 7) is 3.45. The topological polar surface area (TPSA) is 98.1 Å². The van der Waals surface area contributed by atoms with Crippen molar-refractivity contribution in [1.82, 2.24) is 14.3 Å². The van der Waals surface area contributed by atoms with Crippen LogP contribution in [-0.4, -0.2) is 23.9 Å². The van der Waals surface area contributed by atoms with Crippen LogP contribution in [0.2, 0.25) is 0 Å². The number of hydrogen-bond donors (Lipinski definition) is 1. The van der Waals surface area contributed by atoms with Crippen molar-refractivity contribution in [3.63, 3.8) is 0 Å². The Morgan fingerprint density at radius 3 is 2.30 bits per heavy atom. The first-order valence-corrected chi connectivity index (χ1v) is 15.4. The van der Waals surface area contributed by atoms with Gasteiger partial charge in [0.25, 0.3) is 15.6 Å². The van der Waals surface area contributed by atoms with E-state index in [-0.39, 0.29) is 28.7 Å². The van der Waals surface area contributed by atoms with Crippen LogP contribution in [0.15, 0.2) is 82.5 Å². The van der Waals surface area contributed by atoms with Gasteiger partial charge in [0.1, 0.15) is 5.82 Å². The average molecular weight is 610 g/mol. The number of benzene rings is 3. The zero-order valence-electron chi connectivity index (χ0n) is 23.6. The second-order valence-corrected chi connectivity index (χ2v) is 12.3. The zero-order valence-corrected chi connectivity index (χ0v) is 24.4. The van der Waals surface area contributed by atoms with Gasteiger partial charge < -0.3 is 0 Å². The van der Waals surface area contributed by atoms with Crippen molar-refractivity contribution in [3.8, 4) is 16.8 Å². The molecule has 1 fully saturated rings. The van der Waals surface area contributed by atoms with E-state index in [9.17, 15) is 31.2 Å². The van der Waals surface area contributed by atoms with Crippen molar-refractivity contribution in [1.29, 1.82) is 0 Å². The van der Waals surface area contributed by atoms with Crippen LogP contribution >= 0.6 is 0 Å². The Labute approximate surface area is 247 Å². The molecule has 1 aromatic heterocycles. The monoisotopic (exact) mass is 609 g/mol. The number of nitrogens with zero attached hydrogens (tertiary/aromatic N) is 2. The summed E-state index contributed by atoms with van der Waals surface area (Å²) >= 11 is 0. The molecule has 0 unspecified atom stereocenters. The maximum absolute atomic E-state index is 13.8. The van der Waals surface area contributed by atoms with Gasteiger partial charge in [-0.2, -0.15) is 13.2 Å². The number of carbonyl (C=O) groups excluding carboxylic acids is 1. The molecule has 1 N–H and O–H groups in total. The smallest absolute Gasteiger partial charge is 0.274 e. The summed E-state index contributed by atoms with van der Waals surface area (Å²) in [4.78, 5) is 30.5. The summed E-state index contributed by atoms with van der Waals surface area (Å²) in [5.41, 5.74) is 0.719. The fourth-order valence-corrected chi connectivity index (χ4v) is 6.37. The van der Waals surface area contributed by atoms with Crippen LogP contribution in [0.3, 0.4) is 0 Å². The number of halogens is 3. The van der Waals surface area contributed by atoms with Gasteiger partial charge in [-0.1, -0.05) is 67.9 Å². The van der Waals surface area contributed by atoms with Gasteiger partial charge in [0, 0.05) is 23.5 Å². The van der Waals surface area contributed by atoms with Gasteiger partial charge in [0.05, 0.1) is 21.8 Å². The molecule has 0 radical (unpaired) electrons. The first kappa shape index (κ1) is 30.2. The summed E-state index contributed by atoms with van der Waals surface area (Å²) in [6, 6.07) is 18.2. The number of carbonyl (C=O) groups is 1. The van der Waals surface area contributed by atoms with Crippen molar-refractivity contribution < 1.29 is 26.4 Å². The van der Waals surface area contributed by atoms with Crippen molar-refractivity contribution >= 4 is 15.9 Å². The van der Waals surface area contributed by atoms with Gasteiger partial charge in [-0.25, -0.2) is 18.1 Å². The van der Waals surface area contributed by atoms with Gasteiger partial charge in [-0.3, -0.25) is 14.2 Å². The van der Waals surface area contributed by atoms with Crippen LogP contribution in [0.1, 0.15) is 54.4 Å². The van der Waals surface area contributed by atoms with Crippen LogP contribution in [0.25, 0.3) is 16.8 Å². The third-order valence-corrected chi connectivity index (χ3v) is 8.78. The number of para-hydroxylation sites is 1. The number of nitrogens with one attached hydrogen (secondary N) is 1. The molecule has 0 aliphatic heterocycles. The first-order chi connectivity index (χ1) is 20.4. The lowest BCUT2D eigenvalue weighted by molar-refractivity contribution is -0.137. The first-order valence-electron chi connectivity index (χ1n) is 13.9. The fraction of sp³-hybridized carbons (Fsp3) is 0.281. The van der Waals surface area contributed by atoms with E-state index in [1.165, 1.54) is 31.2 Å². The minimum atomic E-state index is -4.66. The molecule has 1 aliphatic carbocycles. The Morgan fingerprint density at radius 1 is 1.00 bits per heavy atom. The number of alkyl halides is 3. The molecule has 5 rings (SSSR count). The molecular weight excluding hydrogens is 579 g/mol. The Kier molecular flexibility index (Phi) is 8.29. The highest BCUT2D eigenvalue weighted by Crippen LogP contribution is 2.34. The van der Waals surface area contributed by atoms with Crippen LogP contribution < -0.4 is 10.3 Å². The fourth-order valence-electron chi connectivity index (χ4n) is 5.09. The number of aryl methyl sites for hydroxylation is 2. The molecule has 4 aromatic rings. The molecule has 3 aromatic carbocycles. The van der Waals surface area contributed by atoms with Gasteiger partial charge in [-0.05, 0) is 55.5 Å². The quantitative estimate of drug-likeness (QED) is 0.252. The molecule has 1 saturated carbocycles. The second-order valence-electron chi connectivity index (χ2n) is 10.6. The average Bonchev–Trinajstić information content (AvgIpc) is 3.81. The number of aromatic nitrogens is 2. The van der Waals surface area contributed by atoms with Gasteiger partial charge in [0.15, 0.2) is 0 Å². The molecule has 1 heterocycles. The largest absolute Gasteiger partial charge is 0.418 e. The van der Waals surface area contributed by atoms with Crippen molar-refractivity contribution in [2.45, 2.75) is 57.0 Å². The molecule has 1 amide bonds. The molecule has 11 heteroatoms. The van der Waals surface area contributed by atoms with E-state index in [0.29, 0.717) is 53.6 Å². The van der Waals surface area contributed by atoms with E-state index in [4.69, 9.17) is 0 Å². The highest BCUT2D eigenvalue weighted by Gasteiger charge is 2.35. The lowest BCUT2D eigenvalue weighted by atomic mass is 9.99. The van der Waals surface area contributed by atoms with E-state index in [2.05, 4.69) is 9.71 Å². The van der Waals surface area contributed by atoms with E-state index in [0.717, 1.165) is 10.6 Å². The number of amides is 1. The van der Waals surface area contributed by atoms with Gasteiger partial charge >= 0.3 is 6.18 Å². The lowest BCUT2D eigenvalue weighted by Gasteiger charge is -2.19. The SMILES string of the molecule is CCCc1nc(C)n(-c2ccccc2C(F)(F)F)c(=O)c1Cc1ccc(-c2ccccc2S(=O)(=O)NC(=O)C2CC2)cc1. The molecule has 0 spiro atoms. The summed E-state index contributed by atoms with van der Waals surface area (Å²) in [5, 5.41) is 0. The minimum absolute atomic E-state index is 0.0315. The lowest BCUT2D eigenvalue weighted by Crippen LogP contribution is -2.32. The maximum Gasteiger partial charge on any atom is 0.418 e. The van der Waals surface area contributed by atoms with E-state index in [1.54, 1.807) is 42.5 Å². The number of sulfonamides is 1. The Balaban J connectivity index is 1.51. The summed E-state index contributed by atoms with van der Waals surface area (Å²) < 4.78 is 70.7. The summed E-state index contributed by atoms with van der Waals surface area (Å²) in [7, 11) is -4.10. The molecule has 0 bridgehead atoms. The molecule has 0 atom stereocenters. The summed E-state index contributed by atoms with van der Waals surface area (Å²) in [6.07, 6.45) is -2.05. The van der Waals surface area contributed by atoms with Crippen molar-refractivity contribution in [2.75, 3.05) is 0 Å². The Bertz CT molecular complexity index is 1850. The molecule has 0 saturated heterocycles. The maximum atomic E-state index is 13.8. The van der Waals surface area contributed by atoms with Gasteiger partial charge in [-0.15, -0.1) is 0 Å². The third kappa shape index (κ3) is 6.41. The number of rotatable bonds is 9. The van der Waals surface area contributed by atoms with Gasteiger partial charge in [0.2, 0.25) is 5.91 Å². The normalized spacial score (nSPS) is 13.6. The summed E-state index contributed by atoms with van der Waals surface area (Å²) in [5.74, 6) is -0.624. The predicted octanol–water partition coefficient (Wildman–Crippen LogP) is 5.98. The van der Waals surface area contributed by atoms with E-state index < -0.39 is 33.2 Å². The second kappa shape index (κ2) is 11.8. The Hall–Kier alpha value is -4.25. The van der Waals surface area contributed by atoms with Crippen LogP contribution in [-0.2, 0) is 33.8 Å². The predicted molar refractivity (Wildman–Crippen MR) is 156 cm³/mol. The molecule has 1 aliphatic rings. The third-order valence-electron chi connectivity index (χ3n) is 7.37. The molecular formula is C32H30F3N3O4S. The van der Waals surface area contributed by atoms with Crippen LogP contribution in [0.5, 0.6) is 0 Å². The van der Waals surface area contributed by atoms with Crippen molar-refractivity contribution in [3.05, 3.63) is 111 Å². The van der Waals surface area contributed by atoms with Crippen molar-refractivity contribution in [2.24, 2.45) is 5.92 Å². The molecule has 7 nitrogen and oxygen atoms in total. The van der Waals surface area contributed by atoms with Crippen LogP contribution in [0, 0.1) is 12.8 Å². The minimum Gasteiger partial charge on any atom is -0.274 e. The number of hydrogen-bond acceptors (Lipinski definition) is 5.